The Balaban J connectivity index is 2.25. The van der Waals surface area contributed by atoms with Crippen LogP contribution in [0.25, 0.3) is 0 Å². The fraction of sp³-hybridized carbons (Fsp3) is 1.00. The van der Waals surface area contributed by atoms with Gasteiger partial charge in [-0.25, -0.2) is 4.72 Å². The summed E-state index contributed by atoms with van der Waals surface area (Å²) in [6.07, 6.45) is 4.33. The lowest BCUT2D eigenvalue weighted by Crippen LogP contribution is -2.43. The number of hydrogen-bond acceptors (Lipinski definition) is 3. The Morgan fingerprint density at radius 3 is 2.47 bits per heavy atom. The molecule has 0 aromatic heterocycles. The summed E-state index contributed by atoms with van der Waals surface area (Å²) in [6, 6.07) is 0.686. The molecule has 0 unspecified atom stereocenters. The summed E-state index contributed by atoms with van der Waals surface area (Å²) in [5.74, 6) is 0. The highest BCUT2D eigenvalue weighted by Gasteiger charge is 2.23. The standard InChI is InChI=1S/C13H29N3O2S/c1-5-13(2,3)11-15-19(17,18)16(4)10-6-9-14-12-7-8-12/h12,14-15H,5-11H2,1-4H3. The van der Waals surface area contributed by atoms with Gasteiger partial charge in [-0.1, -0.05) is 20.8 Å². The van der Waals surface area contributed by atoms with E-state index in [1.54, 1.807) is 7.05 Å². The minimum absolute atomic E-state index is 0.00143. The molecule has 5 nitrogen and oxygen atoms in total. The van der Waals surface area contributed by atoms with Gasteiger partial charge in [-0.15, -0.1) is 0 Å². The maximum Gasteiger partial charge on any atom is 0.279 e. The van der Waals surface area contributed by atoms with E-state index in [0.717, 1.165) is 19.4 Å². The largest absolute Gasteiger partial charge is 0.314 e. The molecule has 19 heavy (non-hydrogen) atoms. The minimum Gasteiger partial charge on any atom is -0.314 e. The Morgan fingerprint density at radius 1 is 1.32 bits per heavy atom. The first kappa shape index (κ1) is 16.9. The summed E-state index contributed by atoms with van der Waals surface area (Å²) < 4.78 is 28.2. The predicted octanol–water partition coefficient (Wildman–Crippen LogP) is 1.33. The van der Waals surface area contributed by atoms with Crippen LogP contribution in [0.5, 0.6) is 0 Å². The molecular formula is C13H29N3O2S. The van der Waals surface area contributed by atoms with Gasteiger partial charge < -0.3 is 5.32 Å². The summed E-state index contributed by atoms with van der Waals surface area (Å²) in [4.78, 5) is 0. The Kier molecular flexibility index (Phi) is 6.23. The van der Waals surface area contributed by atoms with E-state index in [2.05, 4.69) is 30.8 Å². The van der Waals surface area contributed by atoms with Crippen molar-refractivity contribution in [2.75, 3.05) is 26.7 Å². The van der Waals surface area contributed by atoms with Crippen molar-refractivity contribution in [3.8, 4) is 0 Å². The highest BCUT2D eigenvalue weighted by Crippen LogP contribution is 2.19. The SMILES string of the molecule is CCC(C)(C)CNS(=O)(=O)N(C)CCCNC1CC1. The van der Waals surface area contributed by atoms with Gasteiger partial charge in [0.05, 0.1) is 0 Å². The highest BCUT2D eigenvalue weighted by molar-refractivity contribution is 7.87. The summed E-state index contributed by atoms with van der Waals surface area (Å²) in [5, 5.41) is 3.39. The van der Waals surface area contributed by atoms with E-state index in [1.807, 2.05) is 0 Å². The second kappa shape index (κ2) is 7.02. The van der Waals surface area contributed by atoms with Crippen molar-refractivity contribution < 1.29 is 8.42 Å². The summed E-state index contributed by atoms with van der Waals surface area (Å²) in [5.41, 5.74) is 0.00143. The first-order valence-corrected chi connectivity index (χ1v) is 8.65. The van der Waals surface area contributed by atoms with Crippen molar-refractivity contribution in [3.05, 3.63) is 0 Å². The Bertz CT molecular complexity index is 364. The van der Waals surface area contributed by atoms with Crippen LogP contribution in [0.3, 0.4) is 0 Å². The van der Waals surface area contributed by atoms with Crippen molar-refractivity contribution in [2.45, 2.75) is 52.5 Å². The van der Waals surface area contributed by atoms with E-state index in [0.29, 0.717) is 19.1 Å². The summed E-state index contributed by atoms with van der Waals surface area (Å²) in [6.45, 7) is 8.13. The molecule has 0 atom stereocenters. The number of nitrogens with one attached hydrogen (secondary N) is 2. The predicted molar refractivity (Wildman–Crippen MR) is 79.3 cm³/mol. The molecule has 114 valence electrons. The van der Waals surface area contributed by atoms with Crippen LogP contribution in [0.4, 0.5) is 0 Å². The fourth-order valence-corrected chi connectivity index (χ4v) is 2.70. The summed E-state index contributed by atoms with van der Waals surface area (Å²) in [7, 11) is -1.70. The molecule has 0 spiro atoms. The molecule has 0 bridgehead atoms. The lowest BCUT2D eigenvalue weighted by Gasteiger charge is -2.25. The van der Waals surface area contributed by atoms with E-state index < -0.39 is 10.2 Å². The molecule has 1 rings (SSSR count). The van der Waals surface area contributed by atoms with Gasteiger partial charge >= 0.3 is 0 Å². The molecule has 1 saturated carbocycles. The normalized spacial score (nSPS) is 17.1. The van der Waals surface area contributed by atoms with Crippen LogP contribution in [0.1, 0.15) is 46.5 Å². The van der Waals surface area contributed by atoms with Gasteiger partial charge in [-0.05, 0) is 37.6 Å². The molecule has 0 aromatic carbocycles. The molecule has 0 aliphatic heterocycles. The first-order valence-electron chi connectivity index (χ1n) is 7.21. The highest BCUT2D eigenvalue weighted by atomic mass is 32.2. The van der Waals surface area contributed by atoms with Crippen LogP contribution >= 0.6 is 0 Å². The molecular weight excluding hydrogens is 262 g/mol. The maximum atomic E-state index is 12.0. The van der Waals surface area contributed by atoms with Crippen LogP contribution < -0.4 is 10.0 Å². The van der Waals surface area contributed by atoms with Gasteiger partial charge in [-0.3, -0.25) is 0 Å². The van der Waals surface area contributed by atoms with Crippen LogP contribution in [0.2, 0.25) is 0 Å². The summed E-state index contributed by atoms with van der Waals surface area (Å²) >= 11 is 0. The zero-order chi connectivity index (χ0) is 14.5. The molecule has 1 aliphatic rings. The topological polar surface area (TPSA) is 61.4 Å². The minimum atomic E-state index is -3.33. The van der Waals surface area contributed by atoms with Crippen LogP contribution in [0, 0.1) is 5.41 Å². The van der Waals surface area contributed by atoms with Gasteiger partial charge in [0, 0.05) is 26.2 Å². The van der Waals surface area contributed by atoms with Gasteiger partial charge in [0.1, 0.15) is 0 Å². The first-order chi connectivity index (χ1) is 8.77. The van der Waals surface area contributed by atoms with Crippen LogP contribution in [0.15, 0.2) is 0 Å². The van der Waals surface area contributed by atoms with Crippen molar-refractivity contribution >= 4 is 10.2 Å². The van der Waals surface area contributed by atoms with Gasteiger partial charge in [0.15, 0.2) is 0 Å². The third-order valence-electron chi connectivity index (χ3n) is 3.76. The van der Waals surface area contributed by atoms with Crippen molar-refractivity contribution in [3.63, 3.8) is 0 Å². The van der Waals surface area contributed by atoms with Gasteiger partial charge in [0.2, 0.25) is 0 Å². The second-order valence-electron chi connectivity index (χ2n) is 6.25. The lowest BCUT2D eigenvalue weighted by atomic mass is 9.91. The Hall–Kier alpha value is -0.170. The zero-order valence-corrected chi connectivity index (χ0v) is 13.5. The number of hydrogen-bond donors (Lipinski definition) is 2. The van der Waals surface area contributed by atoms with Crippen LogP contribution in [-0.2, 0) is 10.2 Å². The van der Waals surface area contributed by atoms with E-state index >= 15 is 0 Å². The van der Waals surface area contributed by atoms with Crippen molar-refractivity contribution in [2.24, 2.45) is 5.41 Å². The molecule has 0 saturated heterocycles. The Morgan fingerprint density at radius 2 is 1.95 bits per heavy atom. The van der Waals surface area contributed by atoms with Crippen LogP contribution in [-0.4, -0.2) is 45.4 Å². The monoisotopic (exact) mass is 291 g/mol. The number of nitrogens with zero attached hydrogens (tertiary/aromatic N) is 1. The molecule has 1 fully saturated rings. The second-order valence-corrected chi connectivity index (χ2v) is 8.11. The molecule has 2 N–H and O–H groups in total. The zero-order valence-electron chi connectivity index (χ0n) is 12.7. The average Bonchev–Trinajstić information content (AvgIpc) is 3.16. The van der Waals surface area contributed by atoms with E-state index in [9.17, 15) is 8.42 Å². The maximum absolute atomic E-state index is 12.0. The van der Waals surface area contributed by atoms with Crippen molar-refractivity contribution in [1.82, 2.24) is 14.3 Å². The van der Waals surface area contributed by atoms with E-state index in [1.165, 1.54) is 17.1 Å². The third-order valence-corrected chi connectivity index (χ3v) is 5.27. The Labute approximate surface area is 118 Å². The van der Waals surface area contributed by atoms with E-state index in [-0.39, 0.29) is 5.41 Å². The van der Waals surface area contributed by atoms with Crippen molar-refractivity contribution in [1.29, 1.82) is 0 Å². The molecule has 0 heterocycles. The molecule has 0 aromatic rings. The third kappa shape index (κ3) is 6.70. The average molecular weight is 291 g/mol. The molecule has 0 radical (unpaired) electrons. The number of rotatable bonds is 10. The van der Waals surface area contributed by atoms with Gasteiger partial charge in [-0.2, -0.15) is 12.7 Å². The molecule has 6 heteroatoms. The lowest BCUT2D eigenvalue weighted by molar-refractivity contribution is 0.343. The fourth-order valence-electron chi connectivity index (χ4n) is 1.54. The smallest absolute Gasteiger partial charge is 0.279 e. The molecule has 0 amide bonds. The molecule has 1 aliphatic carbocycles. The van der Waals surface area contributed by atoms with E-state index in [4.69, 9.17) is 0 Å². The van der Waals surface area contributed by atoms with Gasteiger partial charge in [0.25, 0.3) is 10.2 Å². The quantitative estimate of drug-likeness (QED) is 0.597.